The Labute approximate surface area is 128 Å². The number of carbonyl (C=O) groups is 1. The second-order valence-electron chi connectivity index (χ2n) is 5.92. The lowest BCUT2D eigenvalue weighted by Gasteiger charge is -2.19. The molecule has 0 aromatic carbocycles. The molecule has 1 aromatic rings. The van der Waals surface area contributed by atoms with Gasteiger partial charge >= 0.3 is 0 Å². The quantitative estimate of drug-likeness (QED) is 0.766. The van der Waals surface area contributed by atoms with Gasteiger partial charge in [-0.1, -0.05) is 27.2 Å². The third-order valence-corrected chi connectivity index (χ3v) is 3.68. The number of aromatic nitrogens is 1. The smallest absolute Gasteiger partial charge is 0.255 e. The number of nitrogens with one attached hydrogen (secondary N) is 2. The van der Waals surface area contributed by atoms with E-state index in [1.807, 2.05) is 13.0 Å². The molecule has 0 aliphatic heterocycles. The Morgan fingerprint density at radius 1 is 1.33 bits per heavy atom. The van der Waals surface area contributed by atoms with Gasteiger partial charge in [0.15, 0.2) is 0 Å². The third kappa shape index (κ3) is 5.74. The molecule has 118 valence electrons. The SMILES string of the molecule is CCCNc1cc(C)ncc1C(=O)NC(C)CC(C)CC. The van der Waals surface area contributed by atoms with Gasteiger partial charge in [0.05, 0.1) is 11.3 Å². The van der Waals surface area contributed by atoms with Crippen molar-refractivity contribution >= 4 is 11.6 Å². The number of carbonyl (C=O) groups excluding carboxylic acids is 1. The molecule has 1 rings (SSSR count). The number of aryl methyl sites for hydroxylation is 1. The number of hydrogen-bond acceptors (Lipinski definition) is 3. The molecule has 0 saturated carbocycles. The minimum absolute atomic E-state index is 0.0445. The van der Waals surface area contributed by atoms with E-state index in [1.54, 1.807) is 6.20 Å². The van der Waals surface area contributed by atoms with Crippen molar-refractivity contribution in [3.05, 3.63) is 23.5 Å². The summed E-state index contributed by atoms with van der Waals surface area (Å²) in [6.45, 7) is 11.3. The summed E-state index contributed by atoms with van der Waals surface area (Å²) >= 11 is 0. The summed E-state index contributed by atoms with van der Waals surface area (Å²) in [5, 5.41) is 6.39. The Morgan fingerprint density at radius 2 is 2.05 bits per heavy atom. The van der Waals surface area contributed by atoms with Gasteiger partial charge in [-0.3, -0.25) is 9.78 Å². The zero-order valence-electron chi connectivity index (χ0n) is 14.0. The molecule has 1 aromatic heterocycles. The molecule has 0 aliphatic rings. The van der Waals surface area contributed by atoms with Crippen molar-refractivity contribution in [2.45, 2.75) is 59.9 Å². The standard InChI is InChI=1S/C17H29N3O/c1-6-8-18-16-10-13(4)19-11-15(16)17(21)20-14(5)9-12(3)7-2/h10-12,14H,6-9H2,1-5H3,(H,18,19)(H,20,21). The zero-order valence-corrected chi connectivity index (χ0v) is 14.0. The largest absolute Gasteiger partial charge is 0.384 e. The van der Waals surface area contributed by atoms with Crippen LogP contribution in [-0.2, 0) is 0 Å². The Bertz CT molecular complexity index is 459. The van der Waals surface area contributed by atoms with Crippen LogP contribution in [0.4, 0.5) is 5.69 Å². The maximum Gasteiger partial charge on any atom is 0.255 e. The van der Waals surface area contributed by atoms with Gasteiger partial charge in [-0.05, 0) is 38.7 Å². The van der Waals surface area contributed by atoms with Crippen molar-refractivity contribution in [1.29, 1.82) is 0 Å². The topological polar surface area (TPSA) is 54.0 Å². The van der Waals surface area contributed by atoms with Crippen LogP contribution in [0, 0.1) is 12.8 Å². The van der Waals surface area contributed by atoms with E-state index in [4.69, 9.17) is 0 Å². The molecule has 0 aliphatic carbocycles. The fourth-order valence-electron chi connectivity index (χ4n) is 2.28. The molecule has 0 spiro atoms. The van der Waals surface area contributed by atoms with Gasteiger partial charge in [-0.25, -0.2) is 0 Å². The average Bonchev–Trinajstić information content (AvgIpc) is 2.44. The van der Waals surface area contributed by atoms with Gasteiger partial charge in [0.1, 0.15) is 0 Å². The predicted molar refractivity (Wildman–Crippen MR) is 88.8 cm³/mol. The molecule has 4 nitrogen and oxygen atoms in total. The van der Waals surface area contributed by atoms with Crippen LogP contribution in [0.15, 0.2) is 12.3 Å². The monoisotopic (exact) mass is 291 g/mol. The number of nitrogens with zero attached hydrogens (tertiary/aromatic N) is 1. The van der Waals surface area contributed by atoms with Gasteiger partial charge in [0, 0.05) is 24.5 Å². The number of amides is 1. The van der Waals surface area contributed by atoms with Crippen LogP contribution >= 0.6 is 0 Å². The normalized spacial score (nSPS) is 13.6. The zero-order chi connectivity index (χ0) is 15.8. The Morgan fingerprint density at radius 3 is 2.67 bits per heavy atom. The van der Waals surface area contributed by atoms with Crippen LogP contribution in [0.2, 0.25) is 0 Å². The minimum Gasteiger partial charge on any atom is -0.384 e. The molecule has 0 saturated heterocycles. The number of rotatable bonds is 8. The molecule has 2 N–H and O–H groups in total. The fourth-order valence-corrected chi connectivity index (χ4v) is 2.28. The van der Waals surface area contributed by atoms with E-state index in [2.05, 4.69) is 43.3 Å². The first-order chi connectivity index (χ1) is 9.97. The minimum atomic E-state index is -0.0445. The Hall–Kier alpha value is -1.58. The third-order valence-electron chi connectivity index (χ3n) is 3.68. The van der Waals surface area contributed by atoms with E-state index >= 15 is 0 Å². The summed E-state index contributed by atoms with van der Waals surface area (Å²) < 4.78 is 0. The van der Waals surface area contributed by atoms with Gasteiger partial charge in [0.25, 0.3) is 5.91 Å². The van der Waals surface area contributed by atoms with Crippen molar-refractivity contribution in [2.24, 2.45) is 5.92 Å². The summed E-state index contributed by atoms with van der Waals surface area (Å²) in [7, 11) is 0. The molecule has 2 atom stereocenters. The Kier molecular flexibility index (Phi) is 7.20. The average molecular weight is 291 g/mol. The van der Waals surface area contributed by atoms with E-state index in [0.717, 1.165) is 37.2 Å². The maximum absolute atomic E-state index is 12.4. The second-order valence-corrected chi connectivity index (χ2v) is 5.92. The van der Waals surface area contributed by atoms with E-state index < -0.39 is 0 Å². The summed E-state index contributed by atoms with van der Waals surface area (Å²) in [6, 6.07) is 2.11. The molecular formula is C17H29N3O. The van der Waals surface area contributed by atoms with Crippen LogP contribution in [0.3, 0.4) is 0 Å². The maximum atomic E-state index is 12.4. The highest BCUT2D eigenvalue weighted by Crippen LogP contribution is 2.17. The lowest BCUT2D eigenvalue weighted by Crippen LogP contribution is -2.34. The first kappa shape index (κ1) is 17.5. The molecule has 0 radical (unpaired) electrons. The van der Waals surface area contributed by atoms with Crippen molar-refractivity contribution in [3.8, 4) is 0 Å². The molecular weight excluding hydrogens is 262 g/mol. The molecule has 2 unspecified atom stereocenters. The highest BCUT2D eigenvalue weighted by atomic mass is 16.1. The first-order valence-electron chi connectivity index (χ1n) is 7.99. The fraction of sp³-hybridized carbons (Fsp3) is 0.647. The summed E-state index contributed by atoms with van der Waals surface area (Å²) in [5.41, 5.74) is 2.42. The molecule has 4 heteroatoms. The molecule has 1 heterocycles. The number of hydrogen-bond donors (Lipinski definition) is 2. The molecule has 0 bridgehead atoms. The molecule has 21 heavy (non-hydrogen) atoms. The lowest BCUT2D eigenvalue weighted by molar-refractivity contribution is 0.0936. The number of anilines is 1. The predicted octanol–water partition coefficient (Wildman–Crippen LogP) is 3.77. The van der Waals surface area contributed by atoms with Gasteiger partial charge in [-0.2, -0.15) is 0 Å². The van der Waals surface area contributed by atoms with Crippen LogP contribution in [0.5, 0.6) is 0 Å². The highest BCUT2D eigenvalue weighted by Gasteiger charge is 2.15. The molecule has 0 fully saturated rings. The van der Waals surface area contributed by atoms with E-state index in [9.17, 15) is 4.79 Å². The van der Waals surface area contributed by atoms with E-state index in [1.165, 1.54) is 0 Å². The van der Waals surface area contributed by atoms with Crippen molar-refractivity contribution in [3.63, 3.8) is 0 Å². The van der Waals surface area contributed by atoms with Crippen LogP contribution in [0.1, 0.15) is 63.0 Å². The summed E-state index contributed by atoms with van der Waals surface area (Å²) in [5.74, 6) is 0.575. The van der Waals surface area contributed by atoms with Gasteiger partial charge in [0.2, 0.25) is 0 Å². The van der Waals surface area contributed by atoms with Gasteiger partial charge < -0.3 is 10.6 Å². The molecule has 1 amide bonds. The summed E-state index contributed by atoms with van der Waals surface area (Å²) in [4.78, 5) is 16.7. The summed E-state index contributed by atoms with van der Waals surface area (Å²) in [6.07, 6.45) is 4.82. The Balaban J connectivity index is 2.76. The van der Waals surface area contributed by atoms with E-state index in [0.29, 0.717) is 11.5 Å². The second kappa shape index (κ2) is 8.65. The van der Waals surface area contributed by atoms with Crippen LogP contribution in [0.25, 0.3) is 0 Å². The lowest BCUT2D eigenvalue weighted by atomic mass is 10.00. The van der Waals surface area contributed by atoms with Crippen LogP contribution < -0.4 is 10.6 Å². The van der Waals surface area contributed by atoms with Crippen molar-refractivity contribution < 1.29 is 4.79 Å². The van der Waals surface area contributed by atoms with Crippen LogP contribution in [-0.4, -0.2) is 23.5 Å². The number of pyridine rings is 1. The van der Waals surface area contributed by atoms with E-state index in [-0.39, 0.29) is 11.9 Å². The highest BCUT2D eigenvalue weighted by molar-refractivity contribution is 5.99. The van der Waals surface area contributed by atoms with Crippen molar-refractivity contribution in [2.75, 3.05) is 11.9 Å². The first-order valence-corrected chi connectivity index (χ1v) is 7.99. The van der Waals surface area contributed by atoms with Gasteiger partial charge in [-0.15, -0.1) is 0 Å². The van der Waals surface area contributed by atoms with Crippen molar-refractivity contribution in [1.82, 2.24) is 10.3 Å².